The molecule has 42 valence electrons. The minimum Gasteiger partial charge on any atom is -0.374 e. The van der Waals surface area contributed by atoms with Crippen LogP contribution >= 0.6 is 34.8 Å². The summed E-state index contributed by atoms with van der Waals surface area (Å²) in [6.45, 7) is 0. The zero-order chi connectivity index (χ0) is 5.86. The Balaban J connectivity index is 3.45. The molecule has 0 bridgehead atoms. The van der Waals surface area contributed by atoms with Crippen molar-refractivity contribution >= 4 is 34.8 Å². The second-order valence-electron chi connectivity index (χ2n) is 0.829. The van der Waals surface area contributed by atoms with E-state index in [0.717, 1.165) is 6.08 Å². The largest absolute Gasteiger partial charge is 0.374 e. The molecule has 0 aliphatic carbocycles. The zero-order valence-electron chi connectivity index (χ0n) is 3.24. The third-order valence-corrected chi connectivity index (χ3v) is 0.641. The number of halogens is 3. The molecule has 0 aliphatic rings. The molecule has 0 aliphatic heterocycles. The lowest BCUT2D eigenvalue weighted by molar-refractivity contribution is 0.303. The van der Waals surface area contributed by atoms with Gasteiger partial charge in [-0.15, -0.1) is 0 Å². The summed E-state index contributed by atoms with van der Waals surface area (Å²) in [7, 11) is 0. The molecule has 4 heteroatoms. The van der Waals surface area contributed by atoms with Gasteiger partial charge in [-0.25, -0.2) is 0 Å². The molecule has 0 aromatic heterocycles. The van der Waals surface area contributed by atoms with Crippen LogP contribution in [0.25, 0.3) is 0 Å². The Morgan fingerprint density at radius 2 is 2.00 bits per heavy atom. The molecule has 0 aromatic carbocycles. The Kier molecular flexibility index (Phi) is 3.85. The summed E-state index contributed by atoms with van der Waals surface area (Å²) < 4.78 is -0.0255. The summed E-state index contributed by atoms with van der Waals surface area (Å²) in [4.78, 5) is 0. The highest BCUT2D eigenvalue weighted by atomic mass is 35.5. The van der Waals surface area contributed by atoms with Crippen LogP contribution in [0.5, 0.6) is 0 Å². The van der Waals surface area contributed by atoms with Crippen molar-refractivity contribution in [2.45, 2.75) is 5.56 Å². The number of aliphatic hydroxyl groups is 1. The van der Waals surface area contributed by atoms with E-state index >= 15 is 0 Å². The van der Waals surface area contributed by atoms with Gasteiger partial charge in [0.05, 0.1) is 0 Å². The van der Waals surface area contributed by atoms with Gasteiger partial charge < -0.3 is 5.11 Å². The maximum Gasteiger partial charge on any atom is 0.149 e. The number of aliphatic hydroxyl groups excluding tert-OH is 1. The lowest BCUT2D eigenvalue weighted by Gasteiger charge is -1.87. The maximum absolute atomic E-state index is 8.24. The number of hydrogen-bond acceptors (Lipinski definition) is 1. The van der Waals surface area contributed by atoms with E-state index in [9.17, 15) is 0 Å². The van der Waals surface area contributed by atoms with Gasteiger partial charge in [0.25, 0.3) is 0 Å². The number of rotatable bonds is 1. The van der Waals surface area contributed by atoms with Crippen molar-refractivity contribution in [1.29, 1.82) is 0 Å². The van der Waals surface area contributed by atoms with E-state index in [1.54, 1.807) is 0 Å². The summed E-state index contributed by atoms with van der Waals surface area (Å²) in [5.74, 6) is 0. The maximum atomic E-state index is 8.24. The highest BCUT2D eigenvalue weighted by Crippen LogP contribution is 2.08. The van der Waals surface area contributed by atoms with Crippen molar-refractivity contribution in [2.24, 2.45) is 0 Å². The van der Waals surface area contributed by atoms with Gasteiger partial charge in [-0.2, -0.15) is 0 Å². The fourth-order valence-electron chi connectivity index (χ4n) is 0.104. The number of alkyl halides is 1. The monoisotopic (exact) mass is 160 g/mol. The molecule has 1 unspecified atom stereocenters. The van der Waals surface area contributed by atoms with Crippen LogP contribution in [0.3, 0.4) is 0 Å². The van der Waals surface area contributed by atoms with Crippen LogP contribution in [0.4, 0.5) is 0 Å². The third-order valence-electron chi connectivity index (χ3n) is 0.264. The Labute approximate surface area is 56.5 Å². The van der Waals surface area contributed by atoms with Crippen molar-refractivity contribution in [3.63, 3.8) is 0 Å². The standard InChI is InChI=1S/C3H3Cl3O/c4-2(5)1-3(6)7/h1,3,7H. The van der Waals surface area contributed by atoms with Crippen molar-refractivity contribution < 1.29 is 5.11 Å². The SMILES string of the molecule is OC(Cl)C=C(Cl)Cl. The zero-order valence-corrected chi connectivity index (χ0v) is 5.50. The Hall–Kier alpha value is 0.570. The smallest absolute Gasteiger partial charge is 0.149 e. The second-order valence-corrected chi connectivity index (χ2v) is 2.28. The van der Waals surface area contributed by atoms with Crippen LogP contribution < -0.4 is 0 Å². The molecule has 0 heterocycles. The predicted octanol–water partition coefficient (Wildman–Crippen LogP) is 1.86. The molecular formula is C3H3Cl3O. The van der Waals surface area contributed by atoms with Gasteiger partial charge in [0.15, 0.2) is 0 Å². The molecule has 7 heavy (non-hydrogen) atoms. The summed E-state index contributed by atoms with van der Waals surface area (Å²) in [6, 6.07) is 0. The van der Waals surface area contributed by atoms with Crippen LogP contribution in [0.2, 0.25) is 0 Å². The Morgan fingerprint density at radius 1 is 1.57 bits per heavy atom. The molecule has 0 saturated carbocycles. The minimum absolute atomic E-state index is 0.0255. The Bertz CT molecular complexity index is 74.2. The molecule has 1 N–H and O–H groups in total. The van der Waals surface area contributed by atoms with Crippen LogP contribution in [0, 0.1) is 0 Å². The molecular weight excluding hydrogens is 158 g/mol. The first-order chi connectivity index (χ1) is 3.13. The van der Waals surface area contributed by atoms with Gasteiger partial charge in [-0.3, -0.25) is 0 Å². The average Bonchev–Trinajstić information content (AvgIpc) is 1.27. The van der Waals surface area contributed by atoms with Gasteiger partial charge >= 0.3 is 0 Å². The molecule has 0 rings (SSSR count). The molecule has 0 fully saturated rings. The molecule has 0 amide bonds. The first kappa shape index (κ1) is 7.57. The highest BCUT2D eigenvalue weighted by Gasteiger charge is 1.90. The fourth-order valence-corrected chi connectivity index (χ4v) is 0.598. The lowest BCUT2D eigenvalue weighted by Crippen LogP contribution is -1.86. The second kappa shape index (κ2) is 3.56. The molecule has 0 saturated heterocycles. The van der Waals surface area contributed by atoms with Crippen LogP contribution in [0.1, 0.15) is 0 Å². The summed E-state index contributed by atoms with van der Waals surface area (Å²) in [5.41, 5.74) is -1.08. The van der Waals surface area contributed by atoms with Crippen molar-refractivity contribution in [3.8, 4) is 0 Å². The normalized spacial score (nSPS) is 13.1. The Morgan fingerprint density at radius 3 is 2.00 bits per heavy atom. The van der Waals surface area contributed by atoms with E-state index in [1.807, 2.05) is 0 Å². The first-order valence-electron chi connectivity index (χ1n) is 1.48. The van der Waals surface area contributed by atoms with Crippen molar-refractivity contribution in [1.82, 2.24) is 0 Å². The van der Waals surface area contributed by atoms with Crippen LogP contribution in [-0.2, 0) is 0 Å². The topological polar surface area (TPSA) is 20.2 Å². The average molecular weight is 161 g/mol. The van der Waals surface area contributed by atoms with E-state index in [1.165, 1.54) is 0 Å². The first-order valence-corrected chi connectivity index (χ1v) is 2.67. The van der Waals surface area contributed by atoms with Gasteiger partial charge in [-0.05, 0) is 6.08 Å². The lowest BCUT2D eigenvalue weighted by atomic mass is 10.7. The highest BCUT2D eigenvalue weighted by molar-refractivity contribution is 6.56. The summed E-state index contributed by atoms with van der Waals surface area (Å²) >= 11 is 15.1. The molecule has 1 nitrogen and oxygen atoms in total. The van der Waals surface area contributed by atoms with E-state index in [0.29, 0.717) is 0 Å². The third kappa shape index (κ3) is 6.57. The van der Waals surface area contributed by atoms with E-state index in [-0.39, 0.29) is 4.49 Å². The van der Waals surface area contributed by atoms with Gasteiger partial charge in [0, 0.05) is 0 Å². The van der Waals surface area contributed by atoms with E-state index in [2.05, 4.69) is 0 Å². The predicted molar refractivity (Wildman–Crippen MR) is 31.6 cm³/mol. The molecule has 0 radical (unpaired) electrons. The number of hydrogen-bond donors (Lipinski definition) is 1. The van der Waals surface area contributed by atoms with Gasteiger partial charge in [0.2, 0.25) is 0 Å². The summed E-state index contributed by atoms with van der Waals surface area (Å²) in [5, 5.41) is 8.24. The van der Waals surface area contributed by atoms with Crippen molar-refractivity contribution in [3.05, 3.63) is 10.6 Å². The molecule has 1 atom stereocenters. The molecule has 0 spiro atoms. The van der Waals surface area contributed by atoms with E-state index < -0.39 is 5.56 Å². The van der Waals surface area contributed by atoms with Gasteiger partial charge in [0.1, 0.15) is 10.1 Å². The van der Waals surface area contributed by atoms with Crippen LogP contribution in [-0.4, -0.2) is 10.7 Å². The summed E-state index contributed by atoms with van der Waals surface area (Å²) in [6.07, 6.45) is 1.10. The molecule has 0 aromatic rings. The van der Waals surface area contributed by atoms with E-state index in [4.69, 9.17) is 39.9 Å². The van der Waals surface area contributed by atoms with Crippen LogP contribution in [0.15, 0.2) is 10.6 Å². The van der Waals surface area contributed by atoms with Gasteiger partial charge in [-0.1, -0.05) is 34.8 Å². The fraction of sp³-hybridized carbons (Fsp3) is 0.333. The minimum atomic E-state index is -1.08. The van der Waals surface area contributed by atoms with Crippen molar-refractivity contribution in [2.75, 3.05) is 0 Å². The quantitative estimate of drug-likeness (QED) is 0.582.